The molecule has 1 fully saturated rings. The Morgan fingerprint density at radius 3 is 2.90 bits per heavy atom. The summed E-state index contributed by atoms with van der Waals surface area (Å²) in [5, 5.41) is 4.24. The topological polar surface area (TPSA) is 27.7 Å². The lowest BCUT2D eigenvalue weighted by Crippen LogP contribution is -2.50. The second-order valence-electron chi connectivity index (χ2n) is 5.71. The molecule has 1 aromatic rings. The fraction of sp³-hybridized carbons (Fsp3) is 0.625. The van der Waals surface area contributed by atoms with Crippen molar-refractivity contribution in [3.05, 3.63) is 28.8 Å². The third-order valence-electron chi connectivity index (χ3n) is 4.02. The first-order valence-corrected chi connectivity index (χ1v) is 7.93. The number of nitrogens with one attached hydrogen (secondary N) is 1. The van der Waals surface area contributed by atoms with Gasteiger partial charge in [0.2, 0.25) is 0 Å². The third kappa shape index (κ3) is 4.33. The van der Waals surface area contributed by atoms with Gasteiger partial charge in [0.1, 0.15) is 0 Å². The van der Waals surface area contributed by atoms with Crippen LogP contribution in [0.15, 0.2) is 18.2 Å². The standard InChI is InChI=1S/C16H26ClN3O/c1-13-12-19(2)8-9-20(13)16-6-4-5-15(17)14(16)11-18-7-10-21-3/h4-6,13,18H,7-12H2,1-3H3. The second kappa shape index (κ2) is 7.99. The highest BCUT2D eigenvalue weighted by Gasteiger charge is 2.24. The summed E-state index contributed by atoms with van der Waals surface area (Å²) < 4.78 is 5.07. The van der Waals surface area contributed by atoms with Crippen LogP contribution in [0, 0.1) is 0 Å². The van der Waals surface area contributed by atoms with Gasteiger partial charge in [0.05, 0.1) is 6.61 Å². The molecule has 118 valence electrons. The predicted octanol–water partition coefficient (Wildman–Crippen LogP) is 2.22. The molecule has 0 bridgehead atoms. The first-order chi connectivity index (χ1) is 10.1. The summed E-state index contributed by atoms with van der Waals surface area (Å²) in [6, 6.07) is 6.70. The van der Waals surface area contributed by atoms with E-state index in [-0.39, 0.29) is 0 Å². The lowest BCUT2D eigenvalue weighted by molar-refractivity contribution is 0.199. The molecule has 21 heavy (non-hydrogen) atoms. The number of rotatable bonds is 6. The summed E-state index contributed by atoms with van der Waals surface area (Å²) >= 11 is 6.43. The van der Waals surface area contributed by atoms with Crippen LogP contribution in [0.4, 0.5) is 5.69 Å². The highest BCUT2D eigenvalue weighted by Crippen LogP contribution is 2.30. The summed E-state index contributed by atoms with van der Waals surface area (Å²) in [7, 11) is 3.90. The number of ether oxygens (including phenoxy) is 1. The molecule has 1 aromatic carbocycles. The number of piperazine rings is 1. The van der Waals surface area contributed by atoms with Crippen LogP contribution in [0.1, 0.15) is 12.5 Å². The van der Waals surface area contributed by atoms with Crippen LogP contribution in [-0.4, -0.2) is 57.9 Å². The summed E-state index contributed by atoms with van der Waals surface area (Å²) in [6.07, 6.45) is 0. The maximum absolute atomic E-state index is 6.43. The average Bonchev–Trinajstić information content (AvgIpc) is 2.45. The van der Waals surface area contributed by atoms with E-state index in [9.17, 15) is 0 Å². The largest absolute Gasteiger partial charge is 0.383 e. The van der Waals surface area contributed by atoms with Crippen LogP contribution in [0.5, 0.6) is 0 Å². The van der Waals surface area contributed by atoms with Gasteiger partial charge in [0, 0.05) is 62.1 Å². The van der Waals surface area contributed by atoms with Gasteiger partial charge in [-0.25, -0.2) is 0 Å². The van der Waals surface area contributed by atoms with E-state index < -0.39 is 0 Å². The molecule has 0 saturated carbocycles. The van der Waals surface area contributed by atoms with Gasteiger partial charge in [-0.2, -0.15) is 0 Å². The fourth-order valence-corrected chi connectivity index (χ4v) is 3.11. The van der Waals surface area contributed by atoms with Crippen molar-refractivity contribution in [1.29, 1.82) is 0 Å². The van der Waals surface area contributed by atoms with Gasteiger partial charge in [0.15, 0.2) is 0 Å². The molecule has 0 aromatic heterocycles. The van der Waals surface area contributed by atoms with E-state index in [0.29, 0.717) is 12.6 Å². The van der Waals surface area contributed by atoms with Crippen molar-refractivity contribution in [1.82, 2.24) is 10.2 Å². The summed E-state index contributed by atoms with van der Waals surface area (Å²) in [6.45, 7) is 7.82. The van der Waals surface area contributed by atoms with E-state index in [1.54, 1.807) is 7.11 Å². The third-order valence-corrected chi connectivity index (χ3v) is 4.37. The van der Waals surface area contributed by atoms with Gasteiger partial charge in [0.25, 0.3) is 0 Å². The zero-order chi connectivity index (χ0) is 15.2. The number of nitrogens with zero attached hydrogens (tertiary/aromatic N) is 2. The lowest BCUT2D eigenvalue weighted by Gasteiger charge is -2.40. The van der Waals surface area contributed by atoms with Gasteiger partial charge in [-0.1, -0.05) is 17.7 Å². The zero-order valence-corrected chi connectivity index (χ0v) is 14.0. The van der Waals surface area contributed by atoms with E-state index in [1.807, 2.05) is 12.1 Å². The van der Waals surface area contributed by atoms with E-state index in [0.717, 1.165) is 37.7 Å². The van der Waals surface area contributed by atoms with E-state index in [1.165, 1.54) is 11.3 Å². The Hall–Kier alpha value is -0.810. The molecule has 1 aliphatic heterocycles. The Balaban J connectivity index is 2.13. The van der Waals surface area contributed by atoms with Crippen molar-refractivity contribution in [2.75, 3.05) is 51.8 Å². The molecule has 5 heteroatoms. The maximum atomic E-state index is 6.43. The Morgan fingerprint density at radius 1 is 1.38 bits per heavy atom. The normalized spacial score (nSPS) is 20.0. The predicted molar refractivity (Wildman–Crippen MR) is 89.3 cm³/mol. The van der Waals surface area contributed by atoms with Gasteiger partial charge < -0.3 is 19.9 Å². The van der Waals surface area contributed by atoms with Gasteiger partial charge in [-0.3, -0.25) is 0 Å². The molecule has 1 aliphatic rings. The molecule has 1 heterocycles. The highest BCUT2D eigenvalue weighted by atomic mass is 35.5. The molecule has 4 nitrogen and oxygen atoms in total. The Labute approximate surface area is 133 Å². The van der Waals surface area contributed by atoms with Crippen LogP contribution in [0.2, 0.25) is 5.02 Å². The SMILES string of the molecule is COCCNCc1c(Cl)cccc1N1CCN(C)CC1C. The van der Waals surface area contributed by atoms with Crippen molar-refractivity contribution in [3.63, 3.8) is 0 Å². The molecule has 0 radical (unpaired) electrons. The molecule has 0 spiro atoms. The van der Waals surface area contributed by atoms with Gasteiger partial charge in [-0.05, 0) is 26.1 Å². The van der Waals surface area contributed by atoms with Crippen molar-refractivity contribution in [3.8, 4) is 0 Å². The first kappa shape index (κ1) is 16.6. The molecule has 1 atom stereocenters. The van der Waals surface area contributed by atoms with Crippen LogP contribution in [0.3, 0.4) is 0 Å². The summed E-state index contributed by atoms with van der Waals surface area (Å²) in [4.78, 5) is 4.85. The van der Waals surface area contributed by atoms with E-state index in [4.69, 9.17) is 16.3 Å². The van der Waals surface area contributed by atoms with Crippen LogP contribution >= 0.6 is 11.6 Å². The van der Waals surface area contributed by atoms with Crippen molar-refractivity contribution in [2.45, 2.75) is 19.5 Å². The van der Waals surface area contributed by atoms with Crippen LogP contribution in [0.25, 0.3) is 0 Å². The van der Waals surface area contributed by atoms with Gasteiger partial charge >= 0.3 is 0 Å². The zero-order valence-electron chi connectivity index (χ0n) is 13.2. The molecular formula is C16H26ClN3O. The van der Waals surface area contributed by atoms with E-state index >= 15 is 0 Å². The minimum absolute atomic E-state index is 0.500. The summed E-state index contributed by atoms with van der Waals surface area (Å²) in [5.74, 6) is 0. The summed E-state index contributed by atoms with van der Waals surface area (Å²) in [5.41, 5.74) is 2.44. The van der Waals surface area contributed by atoms with Crippen LogP contribution in [-0.2, 0) is 11.3 Å². The molecule has 1 saturated heterocycles. The smallest absolute Gasteiger partial charge is 0.0587 e. The molecule has 1 N–H and O–H groups in total. The Kier molecular flexibility index (Phi) is 6.30. The van der Waals surface area contributed by atoms with Gasteiger partial charge in [-0.15, -0.1) is 0 Å². The second-order valence-corrected chi connectivity index (χ2v) is 6.12. The monoisotopic (exact) mass is 311 g/mol. The molecule has 2 rings (SSSR count). The molecule has 0 amide bonds. The van der Waals surface area contributed by atoms with Crippen molar-refractivity contribution in [2.24, 2.45) is 0 Å². The fourth-order valence-electron chi connectivity index (χ4n) is 2.88. The number of likely N-dealkylation sites (N-methyl/N-ethyl adjacent to an activating group) is 1. The minimum Gasteiger partial charge on any atom is -0.383 e. The first-order valence-electron chi connectivity index (χ1n) is 7.55. The number of benzene rings is 1. The number of methoxy groups -OCH3 is 1. The van der Waals surface area contributed by atoms with Crippen LogP contribution < -0.4 is 10.2 Å². The van der Waals surface area contributed by atoms with Crippen molar-refractivity contribution < 1.29 is 4.74 Å². The number of hydrogen-bond donors (Lipinski definition) is 1. The Bertz CT molecular complexity index is 455. The molecular weight excluding hydrogens is 286 g/mol. The minimum atomic E-state index is 0.500. The highest BCUT2D eigenvalue weighted by molar-refractivity contribution is 6.31. The van der Waals surface area contributed by atoms with Crippen molar-refractivity contribution >= 4 is 17.3 Å². The Morgan fingerprint density at radius 2 is 2.19 bits per heavy atom. The number of anilines is 1. The van der Waals surface area contributed by atoms with E-state index in [2.05, 4.69) is 35.2 Å². The maximum Gasteiger partial charge on any atom is 0.0587 e. The number of halogens is 1. The average molecular weight is 312 g/mol. The lowest BCUT2D eigenvalue weighted by atomic mass is 10.1. The number of hydrogen-bond acceptors (Lipinski definition) is 4. The molecule has 0 aliphatic carbocycles. The molecule has 1 unspecified atom stereocenters. The quantitative estimate of drug-likeness (QED) is 0.815.